The molecule has 1 amide bonds. The van der Waals surface area contributed by atoms with E-state index in [4.69, 9.17) is 11.6 Å². The standard InChI is InChI=1S/C12H14ClN3OS/c1-16(2)6-5-14-11(17)8-3-4-9-10(7-8)18-12(13)15-9/h3-4,7H,5-6H2,1-2H3,(H,14,17). The fourth-order valence-electron chi connectivity index (χ4n) is 1.53. The number of hydrogen-bond acceptors (Lipinski definition) is 4. The molecule has 4 nitrogen and oxygen atoms in total. The van der Waals surface area contributed by atoms with Crippen LogP contribution in [0.2, 0.25) is 4.47 Å². The van der Waals surface area contributed by atoms with Crippen LogP contribution >= 0.6 is 22.9 Å². The Morgan fingerprint density at radius 3 is 3.00 bits per heavy atom. The monoisotopic (exact) mass is 283 g/mol. The lowest BCUT2D eigenvalue weighted by atomic mass is 10.2. The number of hydrogen-bond donors (Lipinski definition) is 1. The second kappa shape index (κ2) is 5.65. The Kier molecular flexibility index (Phi) is 4.16. The molecule has 1 aromatic heterocycles. The van der Waals surface area contributed by atoms with Crippen molar-refractivity contribution in [2.45, 2.75) is 0 Å². The summed E-state index contributed by atoms with van der Waals surface area (Å²) in [6.45, 7) is 1.45. The van der Waals surface area contributed by atoms with Gasteiger partial charge in [-0.15, -0.1) is 11.3 Å². The molecule has 2 rings (SSSR count). The molecule has 0 radical (unpaired) electrons. The Balaban J connectivity index is 2.08. The number of likely N-dealkylation sites (N-methyl/N-ethyl adjacent to an activating group) is 1. The Bertz CT molecular complexity index is 567. The molecule has 0 fully saturated rings. The van der Waals surface area contributed by atoms with E-state index in [0.717, 1.165) is 16.8 Å². The Morgan fingerprint density at radius 1 is 1.50 bits per heavy atom. The molecule has 0 aliphatic rings. The molecule has 0 aliphatic carbocycles. The van der Waals surface area contributed by atoms with Crippen LogP contribution in [0.1, 0.15) is 10.4 Å². The molecule has 2 aromatic rings. The first-order chi connectivity index (χ1) is 8.56. The number of halogens is 1. The van der Waals surface area contributed by atoms with Crippen molar-refractivity contribution < 1.29 is 4.79 Å². The summed E-state index contributed by atoms with van der Waals surface area (Å²) in [7, 11) is 3.94. The molecule has 0 saturated carbocycles. The number of fused-ring (bicyclic) bond motifs is 1. The molecule has 6 heteroatoms. The maximum Gasteiger partial charge on any atom is 0.251 e. The molecule has 18 heavy (non-hydrogen) atoms. The van der Waals surface area contributed by atoms with Gasteiger partial charge in [0.1, 0.15) is 0 Å². The predicted octanol–water partition coefficient (Wildman–Crippen LogP) is 2.24. The fraction of sp³-hybridized carbons (Fsp3) is 0.333. The lowest BCUT2D eigenvalue weighted by molar-refractivity contribution is 0.0951. The first kappa shape index (κ1) is 13.3. The van der Waals surface area contributed by atoms with E-state index >= 15 is 0 Å². The number of nitrogens with zero attached hydrogens (tertiary/aromatic N) is 2. The Hall–Kier alpha value is -1.17. The van der Waals surface area contributed by atoms with Crippen LogP contribution in [-0.4, -0.2) is 43.0 Å². The first-order valence-corrected chi connectivity index (χ1v) is 6.75. The highest BCUT2D eigenvalue weighted by Gasteiger charge is 2.08. The summed E-state index contributed by atoms with van der Waals surface area (Å²) < 4.78 is 1.43. The quantitative estimate of drug-likeness (QED) is 0.936. The van der Waals surface area contributed by atoms with Gasteiger partial charge in [0, 0.05) is 18.7 Å². The van der Waals surface area contributed by atoms with Crippen molar-refractivity contribution in [3.63, 3.8) is 0 Å². The smallest absolute Gasteiger partial charge is 0.251 e. The van der Waals surface area contributed by atoms with Gasteiger partial charge in [0.25, 0.3) is 5.91 Å². The van der Waals surface area contributed by atoms with Gasteiger partial charge >= 0.3 is 0 Å². The van der Waals surface area contributed by atoms with Crippen molar-refractivity contribution in [3.05, 3.63) is 28.2 Å². The van der Waals surface area contributed by atoms with Crippen LogP contribution in [0.15, 0.2) is 18.2 Å². The van der Waals surface area contributed by atoms with Gasteiger partial charge in [-0.1, -0.05) is 11.6 Å². The lowest BCUT2D eigenvalue weighted by Crippen LogP contribution is -2.31. The molecule has 1 N–H and O–H groups in total. The molecule has 0 aliphatic heterocycles. The largest absolute Gasteiger partial charge is 0.351 e. The Morgan fingerprint density at radius 2 is 2.28 bits per heavy atom. The molecule has 1 heterocycles. The van der Waals surface area contributed by atoms with E-state index in [1.54, 1.807) is 6.07 Å². The highest BCUT2D eigenvalue weighted by molar-refractivity contribution is 7.22. The normalized spacial score (nSPS) is 11.1. The van der Waals surface area contributed by atoms with E-state index in [0.29, 0.717) is 16.6 Å². The average molecular weight is 284 g/mol. The zero-order chi connectivity index (χ0) is 13.1. The number of rotatable bonds is 4. The third kappa shape index (κ3) is 3.19. The van der Waals surface area contributed by atoms with Crippen LogP contribution in [0, 0.1) is 0 Å². The molecule has 0 atom stereocenters. The van der Waals surface area contributed by atoms with Gasteiger partial charge < -0.3 is 10.2 Å². The van der Waals surface area contributed by atoms with E-state index in [1.807, 2.05) is 31.1 Å². The number of carbonyl (C=O) groups excluding carboxylic acids is 1. The summed E-state index contributed by atoms with van der Waals surface area (Å²) in [6.07, 6.45) is 0. The summed E-state index contributed by atoms with van der Waals surface area (Å²) in [6, 6.07) is 5.41. The molecule has 0 unspecified atom stereocenters. The average Bonchev–Trinajstić information content (AvgIpc) is 2.67. The van der Waals surface area contributed by atoms with Gasteiger partial charge in [-0.3, -0.25) is 4.79 Å². The van der Waals surface area contributed by atoms with Gasteiger partial charge in [0.15, 0.2) is 4.47 Å². The third-order valence-corrected chi connectivity index (χ3v) is 3.59. The van der Waals surface area contributed by atoms with Gasteiger partial charge in [-0.05, 0) is 32.3 Å². The minimum absolute atomic E-state index is 0.0664. The van der Waals surface area contributed by atoms with Crippen molar-refractivity contribution in [2.24, 2.45) is 0 Å². The number of aromatic nitrogens is 1. The van der Waals surface area contributed by atoms with Crippen molar-refractivity contribution in [1.29, 1.82) is 0 Å². The SMILES string of the molecule is CN(C)CCNC(=O)c1ccc2nc(Cl)sc2c1. The van der Waals surface area contributed by atoms with E-state index in [2.05, 4.69) is 10.3 Å². The summed E-state index contributed by atoms with van der Waals surface area (Å²) in [5.41, 5.74) is 1.47. The van der Waals surface area contributed by atoms with E-state index in [9.17, 15) is 4.79 Å². The fourth-order valence-corrected chi connectivity index (χ4v) is 2.60. The minimum atomic E-state index is -0.0664. The van der Waals surface area contributed by atoms with Crippen molar-refractivity contribution >= 4 is 39.1 Å². The first-order valence-electron chi connectivity index (χ1n) is 5.55. The highest BCUT2D eigenvalue weighted by Crippen LogP contribution is 2.26. The van der Waals surface area contributed by atoms with Crippen molar-refractivity contribution in [2.75, 3.05) is 27.2 Å². The number of benzene rings is 1. The maximum atomic E-state index is 11.9. The summed E-state index contributed by atoms with van der Waals surface area (Å²) in [5.74, 6) is -0.0664. The highest BCUT2D eigenvalue weighted by atomic mass is 35.5. The third-order valence-electron chi connectivity index (χ3n) is 2.47. The van der Waals surface area contributed by atoms with Crippen molar-refractivity contribution in [3.8, 4) is 0 Å². The van der Waals surface area contributed by atoms with Crippen molar-refractivity contribution in [1.82, 2.24) is 15.2 Å². The van der Waals surface area contributed by atoms with Crippen LogP contribution in [0.3, 0.4) is 0 Å². The minimum Gasteiger partial charge on any atom is -0.351 e. The Labute approximate surface area is 115 Å². The predicted molar refractivity (Wildman–Crippen MR) is 75.5 cm³/mol. The summed E-state index contributed by atoms with van der Waals surface area (Å²) in [5, 5.41) is 2.87. The molecule has 0 saturated heterocycles. The number of amides is 1. The molecule has 0 bridgehead atoms. The van der Waals surface area contributed by atoms with E-state index < -0.39 is 0 Å². The zero-order valence-corrected chi connectivity index (χ0v) is 11.8. The molecular formula is C12H14ClN3OS. The van der Waals surface area contributed by atoms with Crippen LogP contribution < -0.4 is 5.32 Å². The molecule has 1 aromatic carbocycles. The number of nitrogens with one attached hydrogen (secondary N) is 1. The van der Waals surface area contributed by atoms with Crippen LogP contribution in [-0.2, 0) is 0 Å². The second-order valence-corrected chi connectivity index (χ2v) is 5.82. The van der Waals surface area contributed by atoms with Gasteiger partial charge in [-0.25, -0.2) is 4.98 Å². The summed E-state index contributed by atoms with van der Waals surface area (Å²) >= 11 is 7.21. The molecule has 0 spiro atoms. The van der Waals surface area contributed by atoms with Gasteiger partial charge in [0.05, 0.1) is 10.2 Å². The van der Waals surface area contributed by atoms with Crippen LogP contribution in [0.25, 0.3) is 10.2 Å². The van der Waals surface area contributed by atoms with Crippen LogP contribution in [0.5, 0.6) is 0 Å². The lowest BCUT2D eigenvalue weighted by Gasteiger charge is -2.10. The van der Waals surface area contributed by atoms with Gasteiger partial charge in [-0.2, -0.15) is 0 Å². The van der Waals surface area contributed by atoms with Gasteiger partial charge in [0.2, 0.25) is 0 Å². The van der Waals surface area contributed by atoms with E-state index in [1.165, 1.54) is 11.3 Å². The maximum absolute atomic E-state index is 11.9. The molecule has 96 valence electrons. The number of thiazole rings is 1. The van der Waals surface area contributed by atoms with Crippen LogP contribution in [0.4, 0.5) is 0 Å². The zero-order valence-electron chi connectivity index (χ0n) is 10.2. The second-order valence-electron chi connectivity index (χ2n) is 4.21. The topological polar surface area (TPSA) is 45.2 Å². The summed E-state index contributed by atoms with van der Waals surface area (Å²) in [4.78, 5) is 18.1. The number of carbonyl (C=O) groups is 1. The molecular weight excluding hydrogens is 270 g/mol. The van der Waals surface area contributed by atoms with E-state index in [-0.39, 0.29) is 5.91 Å².